The second-order valence-corrected chi connectivity index (χ2v) is 11.3. The third-order valence-corrected chi connectivity index (χ3v) is 9.31. The number of carbonyl (C=O) groups excluding carboxylic acids is 3. The maximum Gasteiger partial charge on any atom is 0.253 e. The van der Waals surface area contributed by atoms with Crippen LogP contribution in [0, 0.1) is 11.8 Å². The molecule has 0 aliphatic carbocycles. The summed E-state index contributed by atoms with van der Waals surface area (Å²) >= 11 is 0. The first-order valence-corrected chi connectivity index (χ1v) is 14.8. The molecule has 4 rings (SSSR count). The predicted molar refractivity (Wildman–Crippen MR) is 157 cm³/mol. The van der Waals surface area contributed by atoms with Crippen LogP contribution in [0.15, 0.2) is 49.6 Å². The number of rotatable bonds is 14. The summed E-state index contributed by atoms with van der Waals surface area (Å²) in [4.78, 5) is 48.3. The van der Waals surface area contributed by atoms with E-state index in [1.165, 1.54) is 4.90 Å². The van der Waals surface area contributed by atoms with Crippen molar-refractivity contribution in [3.63, 3.8) is 0 Å². The number of methoxy groups -OCH3 is 1. The van der Waals surface area contributed by atoms with E-state index in [9.17, 15) is 19.5 Å². The number of aliphatic hydroxyl groups is 1. The highest BCUT2D eigenvalue weighted by Crippen LogP contribution is 2.65. The van der Waals surface area contributed by atoms with Crippen LogP contribution in [-0.4, -0.2) is 89.3 Å². The fraction of sp³-hybridized carbons (Fsp3) is 0.594. The minimum absolute atomic E-state index is 0.128. The van der Waals surface area contributed by atoms with E-state index in [1.54, 1.807) is 53.3 Å². The van der Waals surface area contributed by atoms with Gasteiger partial charge in [-0.1, -0.05) is 32.9 Å². The zero-order chi connectivity index (χ0) is 29.9. The van der Waals surface area contributed by atoms with Gasteiger partial charge in [0.1, 0.15) is 17.4 Å². The molecule has 9 nitrogen and oxygen atoms in total. The van der Waals surface area contributed by atoms with Crippen LogP contribution < -0.4 is 9.64 Å². The van der Waals surface area contributed by atoms with Crippen LogP contribution in [0.1, 0.15) is 52.9 Å². The lowest BCUT2D eigenvalue weighted by molar-refractivity contribution is -0.153. The summed E-state index contributed by atoms with van der Waals surface area (Å²) in [6, 6.07) is 5.56. The number of fused-ring (bicyclic) bond motifs is 1. The summed E-state index contributed by atoms with van der Waals surface area (Å²) < 4.78 is 12.2. The lowest BCUT2D eigenvalue weighted by atomic mass is 9.64. The Hall–Kier alpha value is -3.17. The van der Waals surface area contributed by atoms with Gasteiger partial charge in [-0.3, -0.25) is 14.4 Å². The van der Waals surface area contributed by atoms with Gasteiger partial charge >= 0.3 is 0 Å². The van der Waals surface area contributed by atoms with Gasteiger partial charge < -0.3 is 29.3 Å². The van der Waals surface area contributed by atoms with Crippen LogP contribution in [0.2, 0.25) is 0 Å². The van der Waals surface area contributed by atoms with Crippen molar-refractivity contribution in [1.82, 2.24) is 9.80 Å². The smallest absolute Gasteiger partial charge is 0.253 e. The Kier molecular flexibility index (Phi) is 9.29. The van der Waals surface area contributed by atoms with Gasteiger partial charge in [-0.05, 0) is 56.4 Å². The first-order valence-electron chi connectivity index (χ1n) is 14.8. The number of anilines is 1. The molecule has 1 aromatic rings. The predicted octanol–water partition coefficient (Wildman–Crippen LogP) is 3.56. The standard InChI is InChI=1S/C32H45N3O6/c1-7-18-33(19-8-2)28(37)25-26-29(38)35(22(10-4)21-36)27(32(26)17-16-31(25,11-5)41-32)30(39)34(20-9-3)23-12-14-24(40-6)15-13-23/h7,9,12-15,22,25-27,36H,1,3,8,10-11,16-21H2,2,4-6H3/t22-,25-,26-,27?,31+,32?/m0/s1. The van der Waals surface area contributed by atoms with Crippen molar-refractivity contribution < 1.29 is 29.0 Å². The fourth-order valence-electron chi connectivity index (χ4n) is 7.39. The first kappa shape index (κ1) is 30.8. The number of carbonyl (C=O) groups is 3. The second-order valence-electron chi connectivity index (χ2n) is 11.3. The van der Waals surface area contributed by atoms with Crippen LogP contribution in [0.3, 0.4) is 0 Å². The van der Waals surface area contributed by atoms with Gasteiger partial charge in [0.2, 0.25) is 11.8 Å². The van der Waals surface area contributed by atoms with Crippen molar-refractivity contribution in [2.45, 2.75) is 76.2 Å². The summed E-state index contributed by atoms with van der Waals surface area (Å²) in [5.41, 5.74) is -1.38. The van der Waals surface area contributed by atoms with E-state index in [4.69, 9.17) is 9.47 Å². The number of ether oxygens (including phenoxy) is 2. The average molecular weight is 568 g/mol. The Labute approximate surface area is 243 Å². The summed E-state index contributed by atoms with van der Waals surface area (Å²) in [6.07, 6.45) is 6.18. The zero-order valence-electron chi connectivity index (χ0n) is 24.9. The largest absolute Gasteiger partial charge is 0.497 e. The van der Waals surface area contributed by atoms with Gasteiger partial charge in [0, 0.05) is 25.3 Å². The quantitative estimate of drug-likeness (QED) is 0.345. The van der Waals surface area contributed by atoms with Gasteiger partial charge in [0.15, 0.2) is 0 Å². The molecule has 224 valence electrons. The molecular formula is C32H45N3O6. The number of likely N-dealkylation sites (tertiary alicyclic amines) is 1. The Morgan fingerprint density at radius 1 is 1.15 bits per heavy atom. The van der Waals surface area contributed by atoms with E-state index < -0.39 is 35.1 Å². The lowest BCUT2D eigenvalue weighted by Gasteiger charge is -2.39. The van der Waals surface area contributed by atoms with Gasteiger partial charge in [0.05, 0.1) is 37.2 Å². The number of nitrogens with zero attached hydrogens (tertiary/aromatic N) is 3. The molecule has 0 saturated carbocycles. The maximum absolute atomic E-state index is 14.7. The van der Waals surface area contributed by atoms with Gasteiger partial charge in [-0.25, -0.2) is 0 Å². The molecule has 2 unspecified atom stereocenters. The van der Waals surface area contributed by atoms with Crippen molar-refractivity contribution in [3.8, 4) is 5.75 Å². The Morgan fingerprint density at radius 2 is 1.83 bits per heavy atom. The molecule has 0 aromatic heterocycles. The topological polar surface area (TPSA) is 99.6 Å². The Balaban J connectivity index is 1.85. The molecule has 6 atom stereocenters. The third kappa shape index (κ3) is 4.87. The normalized spacial score (nSPS) is 28.8. The summed E-state index contributed by atoms with van der Waals surface area (Å²) in [5.74, 6) is -1.61. The molecule has 3 aliphatic rings. The van der Waals surface area contributed by atoms with Crippen molar-refractivity contribution in [2.24, 2.45) is 11.8 Å². The molecule has 41 heavy (non-hydrogen) atoms. The highest BCUT2D eigenvalue weighted by atomic mass is 16.5. The first-order chi connectivity index (χ1) is 19.7. The minimum Gasteiger partial charge on any atom is -0.497 e. The average Bonchev–Trinajstić information content (AvgIpc) is 3.60. The Morgan fingerprint density at radius 3 is 2.37 bits per heavy atom. The molecule has 3 amide bonds. The van der Waals surface area contributed by atoms with E-state index in [-0.39, 0.29) is 30.9 Å². The van der Waals surface area contributed by atoms with Crippen LogP contribution in [0.25, 0.3) is 0 Å². The molecule has 3 heterocycles. The molecule has 1 aromatic carbocycles. The fourth-order valence-corrected chi connectivity index (χ4v) is 7.39. The van der Waals surface area contributed by atoms with Crippen molar-refractivity contribution in [1.29, 1.82) is 0 Å². The monoisotopic (exact) mass is 567 g/mol. The highest BCUT2D eigenvalue weighted by molar-refractivity contribution is 6.05. The van der Waals surface area contributed by atoms with Crippen LogP contribution >= 0.6 is 0 Å². The SMILES string of the molecule is C=CCN(CCC)C(=O)[C@@H]1[C@H]2C(=O)N([C@@H](CC)CO)C(C(=O)N(CC=C)c3ccc(OC)cc3)C23CC[C@@]1(CC)O3. The maximum atomic E-state index is 14.7. The van der Waals surface area contributed by atoms with Gasteiger partial charge in [-0.2, -0.15) is 0 Å². The molecule has 3 aliphatic heterocycles. The lowest BCUT2D eigenvalue weighted by Crippen LogP contribution is -2.59. The van der Waals surface area contributed by atoms with Gasteiger partial charge in [0.25, 0.3) is 5.91 Å². The Bertz CT molecular complexity index is 1150. The van der Waals surface area contributed by atoms with E-state index in [2.05, 4.69) is 13.2 Å². The van der Waals surface area contributed by atoms with E-state index in [0.717, 1.165) is 6.42 Å². The molecule has 3 saturated heterocycles. The van der Waals surface area contributed by atoms with Crippen LogP contribution in [0.4, 0.5) is 5.69 Å². The summed E-state index contributed by atoms with van der Waals surface area (Å²) in [5, 5.41) is 10.4. The van der Waals surface area contributed by atoms with Crippen LogP contribution in [-0.2, 0) is 19.1 Å². The van der Waals surface area contributed by atoms with E-state index >= 15 is 0 Å². The zero-order valence-corrected chi connectivity index (χ0v) is 24.9. The van der Waals surface area contributed by atoms with Crippen molar-refractivity contribution >= 4 is 23.4 Å². The van der Waals surface area contributed by atoms with Crippen molar-refractivity contribution in [3.05, 3.63) is 49.6 Å². The van der Waals surface area contributed by atoms with Gasteiger partial charge in [-0.15, -0.1) is 13.2 Å². The number of benzene rings is 1. The molecule has 3 fully saturated rings. The summed E-state index contributed by atoms with van der Waals surface area (Å²) in [7, 11) is 1.58. The molecule has 9 heteroatoms. The molecule has 1 N–H and O–H groups in total. The molecular weight excluding hydrogens is 522 g/mol. The summed E-state index contributed by atoms with van der Waals surface area (Å²) in [6.45, 7) is 14.4. The van der Waals surface area contributed by atoms with E-state index in [1.807, 2.05) is 20.8 Å². The number of aliphatic hydroxyl groups excluding tert-OH is 1. The molecule has 0 radical (unpaired) electrons. The second kappa shape index (κ2) is 12.4. The van der Waals surface area contributed by atoms with Crippen LogP contribution in [0.5, 0.6) is 5.75 Å². The van der Waals surface area contributed by atoms with Crippen molar-refractivity contribution in [2.75, 3.05) is 38.3 Å². The molecule has 1 spiro atoms. The number of hydrogen-bond donors (Lipinski definition) is 1. The third-order valence-electron chi connectivity index (χ3n) is 9.31. The number of amides is 3. The number of hydrogen-bond acceptors (Lipinski definition) is 6. The van der Waals surface area contributed by atoms with E-state index in [0.29, 0.717) is 50.2 Å². The minimum atomic E-state index is -1.18. The highest BCUT2D eigenvalue weighted by Gasteiger charge is 2.79. The molecule has 2 bridgehead atoms.